The summed E-state index contributed by atoms with van der Waals surface area (Å²) in [5, 5.41) is 18.0. The van der Waals surface area contributed by atoms with E-state index < -0.39 is 36.1 Å². The highest BCUT2D eigenvalue weighted by Crippen LogP contribution is 2.35. The second-order valence-corrected chi connectivity index (χ2v) is 6.54. The van der Waals surface area contributed by atoms with E-state index in [2.05, 4.69) is 0 Å². The molecule has 0 aromatic heterocycles. The second-order valence-electron chi connectivity index (χ2n) is 4.86. The molecular formula is C15H12FNO5S2. The zero-order valence-electron chi connectivity index (χ0n) is 12.1. The maximum atomic E-state index is 13.7. The summed E-state index contributed by atoms with van der Waals surface area (Å²) in [4.78, 5) is 35.4. The molecule has 0 aliphatic carbocycles. The van der Waals surface area contributed by atoms with E-state index in [1.807, 2.05) is 0 Å². The molecule has 1 aromatic carbocycles. The van der Waals surface area contributed by atoms with Crippen LogP contribution in [-0.4, -0.2) is 43.3 Å². The van der Waals surface area contributed by atoms with Crippen molar-refractivity contribution >= 4 is 52.2 Å². The first-order chi connectivity index (χ1) is 11.3. The minimum absolute atomic E-state index is 0.000350. The maximum Gasteiger partial charge on any atom is 0.326 e. The fraction of sp³-hybridized carbons (Fsp3) is 0.200. The average Bonchev–Trinajstić information content (AvgIpc) is 2.77. The van der Waals surface area contributed by atoms with Crippen LogP contribution in [0.2, 0.25) is 0 Å². The Balaban J connectivity index is 2.28. The van der Waals surface area contributed by atoms with Gasteiger partial charge in [-0.1, -0.05) is 42.2 Å². The van der Waals surface area contributed by atoms with Crippen molar-refractivity contribution in [3.63, 3.8) is 0 Å². The zero-order valence-corrected chi connectivity index (χ0v) is 13.8. The number of hydrogen-bond acceptors (Lipinski definition) is 5. The van der Waals surface area contributed by atoms with Gasteiger partial charge in [0.05, 0.1) is 4.91 Å². The van der Waals surface area contributed by atoms with E-state index in [9.17, 15) is 23.9 Å². The summed E-state index contributed by atoms with van der Waals surface area (Å²) < 4.78 is 13.7. The van der Waals surface area contributed by atoms with Crippen LogP contribution in [0.15, 0.2) is 29.2 Å². The molecule has 1 aromatic rings. The Morgan fingerprint density at radius 1 is 1.33 bits per heavy atom. The minimum Gasteiger partial charge on any atom is -0.481 e. The number of nitrogens with zero attached hydrogens (tertiary/aromatic N) is 1. The number of halogens is 1. The Kier molecular flexibility index (Phi) is 5.68. The number of aliphatic carboxylic acids is 2. The van der Waals surface area contributed by atoms with E-state index in [1.165, 1.54) is 24.3 Å². The van der Waals surface area contributed by atoms with Gasteiger partial charge in [0.15, 0.2) is 0 Å². The van der Waals surface area contributed by atoms with Crippen molar-refractivity contribution in [1.29, 1.82) is 0 Å². The van der Waals surface area contributed by atoms with Crippen LogP contribution >= 0.6 is 24.0 Å². The molecule has 0 bridgehead atoms. The SMILES string of the molecule is O=C(O)CC[C@@H](C(=O)O)N1C(=O)/C(=C\c2ccccc2F)SC1=S. The van der Waals surface area contributed by atoms with Gasteiger partial charge in [-0.15, -0.1) is 0 Å². The Hall–Kier alpha value is -2.26. The first kappa shape index (κ1) is 18.1. The molecule has 1 heterocycles. The van der Waals surface area contributed by atoms with Crippen molar-refractivity contribution in [1.82, 2.24) is 4.90 Å². The van der Waals surface area contributed by atoms with Gasteiger partial charge in [-0.25, -0.2) is 9.18 Å². The summed E-state index contributed by atoms with van der Waals surface area (Å²) in [6.45, 7) is 0. The number of carboxylic acids is 2. The van der Waals surface area contributed by atoms with Gasteiger partial charge in [0.2, 0.25) is 0 Å². The molecule has 24 heavy (non-hydrogen) atoms. The summed E-state index contributed by atoms with van der Waals surface area (Å²) in [5.74, 6) is -3.72. The van der Waals surface area contributed by atoms with Gasteiger partial charge in [0.25, 0.3) is 5.91 Å². The normalized spacial score (nSPS) is 17.4. The van der Waals surface area contributed by atoms with Crippen molar-refractivity contribution < 1.29 is 29.0 Å². The lowest BCUT2D eigenvalue weighted by atomic mass is 10.1. The molecule has 1 amide bonds. The summed E-state index contributed by atoms with van der Waals surface area (Å²) in [5.41, 5.74) is 0.176. The van der Waals surface area contributed by atoms with Crippen molar-refractivity contribution in [3.05, 3.63) is 40.6 Å². The second kappa shape index (κ2) is 7.54. The monoisotopic (exact) mass is 369 g/mol. The van der Waals surface area contributed by atoms with Crippen LogP contribution in [0.5, 0.6) is 0 Å². The molecule has 126 valence electrons. The van der Waals surface area contributed by atoms with Crippen LogP contribution in [0.25, 0.3) is 6.08 Å². The molecule has 1 fully saturated rings. The molecule has 9 heteroatoms. The first-order valence-electron chi connectivity index (χ1n) is 6.77. The van der Waals surface area contributed by atoms with E-state index in [-0.39, 0.29) is 21.2 Å². The van der Waals surface area contributed by atoms with Gasteiger partial charge in [0, 0.05) is 12.0 Å². The van der Waals surface area contributed by atoms with E-state index in [4.69, 9.17) is 17.3 Å². The molecule has 1 aliphatic heterocycles. The molecule has 2 rings (SSSR count). The lowest BCUT2D eigenvalue weighted by Gasteiger charge is -2.22. The van der Waals surface area contributed by atoms with Crippen LogP contribution < -0.4 is 0 Å². The first-order valence-corrected chi connectivity index (χ1v) is 8.00. The van der Waals surface area contributed by atoms with E-state index in [0.717, 1.165) is 16.7 Å². The lowest BCUT2D eigenvalue weighted by molar-refractivity contribution is -0.146. The quantitative estimate of drug-likeness (QED) is 0.587. The van der Waals surface area contributed by atoms with Gasteiger partial charge in [-0.2, -0.15) is 0 Å². The summed E-state index contributed by atoms with van der Waals surface area (Å²) >= 11 is 5.90. The van der Waals surface area contributed by atoms with Crippen molar-refractivity contribution in [2.45, 2.75) is 18.9 Å². The fourth-order valence-corrected chi connectivity index (χ4v) is 3.45. The lowest BCUT2D eigenvalue weighted by Crippen LogP contribution is -2.44. The van der Waals surface area contributed by atoms with Crippen molar-refractivity contribution in [3.8, 4) is 0 Å². The van der Waals surface area contributed by atoms with Crippen LogP contribution in [0.3, 0.4) is 0 Å². The zero-order chi connectivity index (χ0) is 17.9. The van der Waals surface area contributed by atoms with Crippen molar-refractivity contribution in [2.75, 3.05) is 0 Å². The van der Waals surface area contributed by atoms with Gasteiger partial charge >= 0.3 is 11.9 Å². The minimum atomic E-state index is -1.37. The van der Waals surface area contributed by atoms with Gasteiger partial charge in [-0.3, -0.25) is 14.5 Å². The van der Waals surface area contributed by atoms with Gasteiger partial charge in [-0.05, 0) is 18.6 Å². The molecule has 6 nitrogen and oxygen atoms in total. The van der Waals surface area contributed by atoms with E-state index in [1.54, 1.807) is 6.07 Å². The molecule has 0 unspecified atom stereocenters. The third-order valence-electron chi connectivity index (χ3n) is 3.24. The van der Waals surface area contributed by atoms with Crippen LogP contribution in [-0.2, 0) is 14.4 Å². The average molecular weight is 369 g/mol. The Morgan fingerprint density at radius 2 is 2.00 bits per heavy atom. The maximum absolute atomic E-state index is 13.7. The Morgan fingerprint density at radius 3 is 2.58 bits per heavy atom. The number of thiocarbonyl (C=S) groups is 1. The largest absolute Gasteiger partial charge is 0.481 e. The van der Waals surface area contributed by atoms with Crippen molar-refractivity contribution in [2.24, 2.45) is 0 Å². The van der Waals surface area contributed by atoms with Crippen LogP contribution in [0.1, 0.15) is 18.4 Å². The summed E-state index contributed by atoms with van der Waals surface area (Å²) in [6, 6.07) is 4.44. The number of amides is 1. The highest BCUT2D eigenvalue weighted by atomic mass is 32.2. The summed E-state index contributed by atoms with van der Waals surface area (Å²) in [7, 11) is 0. The fourth-order valence-electron chi connectivity index (χ4n) is 2.11. The highest BCUT2D eigenvalue weighted by molar-refractivity contribution is 8.26. The molecule has 1 aliphatic rings. The third-order valence-corrected chi connectivity index (χ3v) is 4.57. The molecule has 1 saturated heterocycles. The number of thioether (sulfide) groups is 1. The van der Waals surface area contributed by atoms with E-state index >= 15 is 0 Å². The summed E-state index contributed by atoms with van der Waals surface area (Å²) in [6.07, 6.45) is 0.606. The highest BCUT2D eigenvalue weighted by Gasteiger charge is 2.40. The van der Waals surface area contributed by atoms with E-state index in [0.29, 0.717) is 0 Å². The number of carbonyl (C=O) groups is 3. The number of carboxylic acid groups (broad SMARTS) is 2. The molecule has 0 spiro atoms. The number of hydrogen-bond donors (Lipinski definition) is 2. The van der Waals surface area contributed by atoms with Crippen LogP contribution in [0, 0.1) is 5.82 Å². The number of carbonyl (C=O) groups excluding carboxylic acids is 1. The predicted octanol–water partition coefficient (Wildman–Crippen LogP) is 2.34. The Labute approximate surface area is 146 Å². The molecule has 2 N–H and O–H groups in total. The predicted molar refractivity (Wildman–Crippen MR) is 89.7 cm³/mol. The smallest absolute Gasteiger partial charge is 0.326 e. The molecule has 0 saturated carbocycles. The third kappa shape index (κ3) is 3.98. The van der Waals surface area contributed by atoms with Crippen LogP contribution in [0.4, 0.5) is 4.39 Å². The molecule has 1 atom stereocenters. The molecule has 0 radical (unpaired) electrons. The Bertz CT molecular complexity index is 749. The number of benzene rings is 1. The standard InChI is InChI=1S/C15H12FNO5S2/c16-9-4-2-1-3-8(9)7-11-13(20)17(15(23)24-11)10(14(21)22)5-6-12(18)19/h1-4,7,10H,5-6H2,(H,18,19)(H,21,22)/b11-7+/t10-/m0/s1. The topological polar surface area (TPSA) is 94.9 Å². The number of rotatable bonds is 6. The van der Waals surface area contributed by atoms with Gasteiger partial charge < -0.3 is 10.2 Å². The molecular weight excluding hydrogens is 357 g/mol. The van der Waals surface area contributed by atoms with Gasteiger partial charge in [0.1, 0.15) is 16.2 Å².